The summed E-state index contributed by atoms with van der Waals surface area (Å²) in [5, 5.41) is 2.12. The molecule has 0 saturated carbocycles. The molecule has 0 aliphatic heterocycles. The Morgan fingerprint density at radius 1 is 1.13 bits per heavy atom. The Morgan fingerprint density at radius 2 is 1.80 bits per heavy atom. The molecule has 0 fully saturated rings. The van der Waals surface area contributed by atoms with Crippen LogP contribution in [0.1, 0.15) is 0 Å². The molecule has 0 radical (unpaired) electrons. The smallest absolute Gasteiger partial charge is 0.137 e. The lowest BCUT2D eigenvalue weighted by atomic mass is 10.3. The molecule has 0 amide bonds. The number of hydrogen-bond donors (Lipinski definition) is 1. The molecule has 2 N–H and O–H groups in total. The number of benzene rings is 1. The summed E-state index contributed by atoms with van der Waals surface area (Å²) in [4.78, 5) is 0. The largest absolute Gasteiger partial charge is 0.488 e. The van der Waals surface area contributed by atoms with Crippen molar-refractivity contribution in [2.45, 2.75) is 0 Å². The fourth-order valence-electron chi connectivity index (χ4n) is 1.14. The molecule has 0 heterocycles. The highest BCUT2D eigenvalue weighted by atomic mass is 19.1. The Bertz CT molecular complexity index is 264. The second-order valence-corrected chi connectivity index (χ2v) is 3.16. The van der Waals surface area contributed by atoms with E-state index in [4.69, 9.17) is 9.47 Å². The van der Waals surface area contributed by atoms with E-state index in [0.29, 0.717) is 12.4 Å². The number of hydrogen-bond acceptors (Lipinski definition) is 2. The SMILES string of the molecule is COCC[NH2+]CCOc1ccc(F)cc1. The van der Waals surface area contributed by atoms with E-state index in [1.165, 1.54) is 12.1 Å². The molecule has 0 aromatic heterocycles. The third kappa shape index (κ3) is 5.34. The van der Waals surface area contributed by atoms with Crippen LogP contribution in [0.3, 0.4) is 0 Å². The standard InChI is InChI=1S/C11H16FNO2/c1-14-8-6-13-7-9-15-11-4-2-10(12)3-5-11/h2-5,13H,6-9H2,1H3/p+1. The van der Waals surface area contributed by atoms with E-state index < -0.39 is 0 Å². The number of halogens is 1. The lowest BCUT2D eigenvalue weighted by molar-refractivity contribution is -0.656. The lowest BCUT2D eigenvalue weighted by Crippen LogP contribution is -2.86. The zero-order chi connectivity index (χ0) is 10.9. The van der Waals surface area contributed by atoms with E-state index in [-0.39, 0.29) is 5.82 Å². The molecule has 1 aromatic carbocycles. The van der Waals surface area contributed by atoms with Crippen molar-refractivity contribution in [1.29, 1.82) is 0 Å². The molecule has 0 aliphatic rings. The van der Waals surface area contributed by atoms with E-state index in [0.717, 1.165) is 19.7 Å². The Kier molecular flexibility index (Phi) is 5.73. The molecule has 1 aromatic rings. The summed E-state index contributed by atoms with van der Waals surface area (Å²) in [6, 6.07) is 6.04. The van der Waals surface area contributed by atoms with Gasteiger partial charge in [0.2, 0.25) is 0 Å². The van der Waals surface area contributed by atoms with Crippen LogP contribution >= 0.6 is 0 Å². The first-order valence-electron chi connectivity index (χ1n) is 5.02. The molecule has 0 bridgehead atoms. The summed E-state index contributed by atoms with van der Waals surface area (Å²) in [5.74, 6) is 0.463. The van der Waals surface area contributed by atoms with Crippen molar-refractivity contribution < 1.29 is 19.2 Å². The van der Waals surface area contributed by atoms with E-state index in [9.17, 15) is 4.39 Å². The first-order chi connectivity index (χ1) is 7.33. The average molecular weight is 214 g/mol. The van der Waals surface area contributed by atoms with Crippen molar-refractivity contribution in [3.05, 3.63) is 30.1 Å². The Hall–Kier alpha value is -1.13. The normalized spacial score (nSPS) is 10.3. The maximum Gasteiger partial charge on any atom is 0.137 e. The summed E-state index contributed by atoms with van der Waals surface area (Å²) in [6.45, 7) is 3.18. The van der Waals surface area contributed by atoms with Crippen LogP contribution in [0.4, 0.5) is 4.39 Å². The molecule has 0 unspecified atom stereocenters. The van der Waals surface area contributed by atoms with Gasteiger partial charge in [-0.15, -0.1) is 0 Å². The molecule has 1 rings (SSSR count). The van der Waals surface area contributed by atoms with Crippen LogP contribution in [0.5, 0.6) is 5.75 Å². The van der Waals surface area contributed by atoms with Gasteiger partial charge in [-0.3, -0.25) is 0 Å². The summed E-state index contributed by atoms with van der Waals surface area (Å²) in [5.41, 5.74) is 0. The molecule has 15 heavy (non-hydrogen) atoms. The fraction of sp³-hybridized carbons (Fsp3) is 0.455. The number of methoxy groups -OCH3 is 1. The second kappa shape index (κ2) is 7.20. The number of quaternary nitrogens is 1. The third-order valence-electron chi connectivity index (χ3n) is 1.93. The van der Waals surface area contributed by atoms with E-state index in [1.54, 1.807) is 19.2 Å². The van der Waals surface area contributed by atoms with Gasteiger partial charge in [-0.2, -0.15) is 0 Å². The minimum Gasteiger partial charge on any atom is -0.488 e. The van der Waals surface area contributed by atoms with Gasteiger partial charge in [0.05, 0.1) is 13.2 Å². The average Bonchev–Trinajstić information content (AvgIpc) is 2.26. The van der Waals surface area contributed by atoms with Gasteiger partial charge in [0.25, 0.3) is 0 Å². The van der Waals surface area contributed by atoms with Crippen LogP contribution in [0, 0.1) is 5.82 Å². The maximum absolute atomic E-state index is 12.5. The van der Waals surface area contributed by atoms with Crippen LogP contribution < -0.4 is 10.1 Å². The van der Waals surface area contributed by atoms with Crippen LogP contribution in [0.25, 0.3) is 0 Å². The van der Waals surface area contributed by atoms with Gasteiger partial charge >= 0.3 is 0 Å². The topological polar surface area (TPSA) is 35.1 Å². The molecule has 0 atom stereocenters. The minimum atomic E-state index is -0.242. The quantitative estimate of drug-likeness (QED) is 0.667. The van der Waals surface area contributed by atoms with Gasteiger partial charge < -0.3 is 14.8 Å². The van der Waals surface area contributed by atoms with Gasteiger partial charge in [0.1, 0.15) is 24.7 Å². The number of nitrogens with two attached hydrogens (primary N) is 1. The van der Waals surface area contributed by atoms with Gasteiger partial charge in [-0.1, -0.05) is 0 Å². The van der Waals surface area contributed by atoms with Crippen molar-refractivity contribution in [2.24, 2.45) is 0 Å². The first-order valence-corrected chi connectivity index (χ1v) is 5.02. The number of rotatable bonds is 7. The fourth-order valence-corrected chi connectivity index (χ4v) is 1.14. The van der Waals surface area contributed by atoms with Crippen molar-refractivity contribution in [2.75, 3.05) is 33.4 Å². The van der Waals surface area contributed by atoms with Crippen LogP contribution in [0.2, 0.25) is 0 Å². The summed E-state index contributed by atoms with van der Waals surface area (Å²) >= 11 is 0. The molecular weight excluding hydrogens is 197 g/mol. The van der Waals surface area contributed by atoms with Crippen molar-refractivity contribution in [1.82, 2.24) is 0 Å². The predicted octanol–water partition coefficient (Wildman–Crippen LogP) is 0.414. The minimum absolute atomic E-state index is 0.242. The van der Waals surface area contributed by atoms with Gasteiger partial charge in [-0.05, 0) is 24.3 Å². The zero-order valence-corrected chi connectivity index (χ0v) is 8.91. The lowest BCUT2D eigenvalue weighted by Gasteiger charge is -2.05. The van der Waals surface area contributed by atoms with Gasteiger partial charge in [0, 0.05) is 7.11 Å². The van der Waals surface area contributed by atoms with Crippen LogP contribution in [0.15, 0.2) is 24.3 Å². The highest BCUT2D eigenvalue weighted by Gasteiger charge is 1.95. The number of ether oxygens (including phenoxy) is 2. The monoisotopic (exact) mass is 214 g/mol. The van der Waals surface area contributed by atoms with E-state index in [2.05, 4.69) is 5.32 Å². The Labute approximate surface area is 89.2 Å². The van der Waals surface area contributed by atoms with Gasteiger partial charge in [0.15, 0.2) is 0 Å². The van der Waals surface area contributed by atoms with Crippen LogP contribution in [-0.2, 0) is 4.74 Å². The second-order valence-electron chi connectivity index (χ2n) is 3.16. The Morgan fingerprint density at radius 3 is 2.47 bits per heavy atom. The highest BCUT2D eigenvalue weighted by molar-refractivity contribution is 5.21. The maximum atomic E-state index is 12.5. The highest BCUT2D eigenvalue weighted by Crippen LogP contribution is 2.10. The third-order valence-corrected chi connectivity index (χ3v) is 1.93. The predicted molar refractivity (Wildman–Crippen MR) is 55.4 cm³/mol. The molecular formula is C11H17FNO2+. The summed E-state index contributed by atoms with van der Waals surface area (Å²) in [7, 11) is 1.68. The summed E-state index contributed by atoms with van der Waals surface area (Å²) in [6.07, 6.45) is 0. The van der Waals surface area contributed by atoms with E-state index >= 15 is 0 Å². The Balaban J connectivity index is 2.07. The molecule has 0 saturated heterocycles. The molecule has 0 aliphatic carbocycles. The van der Waals surface area contributed by atoms with Gasteiger partial charge in [-0.25, -0.2) is 4.39 Å². The van der Waals surface area contributed by atoms with Crippen molar-refractivity contribution >= 4 is 0 Å². The molecule has 84 valence electrons. The van der Waals surface area contributed by atoms with Crippen LogP contribution in [-0.4, -0.2) is 33.4 Å². The van der Waals surface area contributed by atoms with Crippen molar-refractivity contribution in [3.63, 3.8) is 0 Å². The first kappa shape index (κ1) is 11.9. The molecule has 4 heteroatoms. The van der Waals surface area contributed by atoms with E-state index in [1.807, 2.05) is 0 Å². The summed E-state index contributed by atoms with van der Waals surface area (Å²) < 4.78 is 22.8. The zero-order valence-electron chi connectivity index (χ0n) is 8.91. The molecule has 3 nitrogen and oxygen atoms in total. The molecule has 0 spiro atoms. The van der Waals surface area contributed by atoms with Crippen molar-refractivity contribution in [3.8, 4) is 5.75 Å².